The van der Waals surface area contributed by atoms with E-state index >= 15 is 0 Å². The lowest BCUT2D eigenvalue weighted by Gasteiger charge is -2.12. The maximum atomic E-state index is 12.7. The average Bonchev–Trinajstić information content (AvgIpc) is 2.73. The Labute approximate surface area is 198 Å². The van der Waals surface area contributed by atoms with Gasteiger partial charge in [0.25, 0.3) is 5.91 Å². The Morgan fingerprint density at radius 3 is 2.41 bits per heavy atom. The number of carbonyl (C=O) groups excluding carboxylic acids is 1. The van der Waals surface area contributed by atoms with Crippen molar-refractivity contribution in [2.45, 2.75) is 27.4 Å². The lowest BCUT2D eigenvalue weighted by molar-refractivity contribution is -0.112. The van der Waals surface area contributed by atoms with Gasteiger partial charge in [-0.05, 0) is 68.3 Å². The summed E-state index contributed by atoms with van der Waals surface area (Å²) in [4.78, 5) is 12.7. The molecular weight excluding hydrogens is 443 g/mol. The number of benzene rings is 3. The SMILES string of the molecule is Cc1cc(C)cc(COc2ccc(Cl)cc2/C=C(\C#N)C(=O)Nc2ccc(C)c(Cl)c2)c1. The molecule has 0 spiro atoms. The molecule has 0 aromatic heterocycles. The summed E-state index contributed by atoms with van der Waals surface area (Å²) in [5.41, 5.74) is 5.19. The zero-order valence-corrected chi connectivity index (χ0v) is 19.5. The highest BCUT2D eigenvalue weighted by Crippen LogP contribution is 2.27. The Bertz CT molecular complexity index is 1220. The predicted octanol–water partition coefficient (Wildman–Crippen LogP) is 7.04. The molecule has 0 unspecified atom stereocenters. The van der Waals surface area contributed by atoms with Crippen LogP contribution in [0.25, 0.3) is 6.08 Å². The van der Waals surface area contributed by atoms with Gasteiger partial charge in [-0.3, -0.25) is 4.79 Å². The minimum absolute atomic E-state index is 0.0831. The summed E-state index contributed by atoms with van der Waals surface area (Å²) in [6, 6.07) is 18.4. The summed E-state index contributed by atoms with van der Waals surface area (Å²) < 4.78 is 6.00. The van der Waals surface area contributed by atoms with Gasteiger partial charge in [-0.25, -0.2) is 0 Å². The average molecular weight is 465 g/mol. The van der Waals surface area contributed by atoms with E-state index in [2.05, 4.69) is 23.5 Å². The van der Waals surface area contributed by atoms with Gasteiger partial charge in [0.2, 0.25) is 0 Å². The monoisotopic (exact) mass is 464 g/mol. The lowest BCUT2D eigenvalue weighted by atomic mass is 10.1. The van der Waals surface area contributed by atoms with Gasteiger partial charge in [0.05, 0.1) is 0 Å². The number of amides is 1. The minimum Gasteiger partial charge on any atom is -0.488 e. The van der Waals surface area contributed by atoms with Crippen LogP contribution < -0.4 is 10.1 Å². The van der Waals surface area contributed by atoms with Crippen molar-refractivity contribution in [1.29, 1.82) is 5.26 Å². The van der Waals surface area contributed by atoms with E-state index in [0.717, 1.165) is 22.3 Å². The molecule has 0 saturated heterocycles. The fraction of sp³-hybridized carbons (Fsp3) is 0.154. The second kappa shape index (κ2) is 10.4. The molecule has 32 heavy (non-hydrogen) atoms. The molecule has 1 N–H and O–H groups in total. The number of nitrogens with one attached hydrogen (secondary N) is 1. The van der Waals surface area contributed by atoms with Gasteiger partial charge >= 0.3 is 0 Å². The van der Waals surface area contributed by atoms with E-state index in [9.17, 15) is 10.1 Å². The van der Waals surface area contributed by atoms with Crippen LogP contribution in [0.5, 0.6) is 5.75 Å². The molecule has 0 heterocycles. The topological polar surface area (TPSA) is 62.1 Å². The molecule has 0 aliphatic heterocycles. The maximum absolute atomic E-state index is 12.7. The molecule has 0 saturated carbocycles. The van der Waals surface area contributed by atoms with E-state index in [-0.39, 0.29) is 5.57 Å². The van der Waals surface area contributed by atoms with Crippen LogP contribution in [0.1, 0.15) is 27.8 Å². The fourth-order valence-electron chi connectivity index (χ4n) is 3.25. The summed E-state index contributed by atoms with van der Waals surface area (Å²) in [6.45, 7) is 6.28. The second-order valence-corrected chi connectivity index (χ2v) is 8.40. The molecule has 0 bridgehead atoms. The lowest BCUT2D eigenvalue weighted by Crippen LogP contribution is -2.13. The number of hydrogen-bond acceptors (Lipinski definition) is 3. The number of rotatable bonds is 6. The fourth-order valence-corrected chi connectivity index (χ4v) is 3.61. The van der Waals surface area contributed by atoms with Gasteiger partial charge in [0.1, 0.15) is 24.0 Å². The van der Waals surface area contributed by atoms with E-state index in [1.165, 1.54) is 6.08 Å². The number of ether oxygens (including phenoxy) is 1. The Balaban J connectivity index is 1.84. The molecule has 0 aliphatic carbocycles. The van der Waals surface area contributed by atoms with Gasteiger partial charge in [-0.2, -0.15) is 5.26 Å². The first-order valence-corrected chi connectivity index (χ1v) is 10.7. The number of carbonyl (C=O) groups is 1. The molecule has 3 aromatic carbocycles. The van der Waals surface area contributed by atoms with Crippen LogP contribution in [0, 0.1) is 32.1 Å². The Morgan fingerprint density at radius 2 is 1.75 bits per heavy atom. The smallest absolute Gasteiger partial charge is 0.266 e. The number of halogens is 2. The van der Waals surface area contributed by atoms with E-state index in [1.54, 1.807) is 36.4 Å². The van der Waals surface area contributed by atoms with Crippen molar-refractivity contribution in [3.63, 3.8) is 0 Å². The van der Waals surface area contributed by atoms with E-state index < -0.39 is 5.91 Å². The van der Waals surface area contributed by atoms with Gasteiger partial charge in [-0.1, -0.05) is 58.6 Å². The molecule has 1 amide bonds. The van der Waals surface area contributed by atoms with E-state index in [1.807, 2.05) is 26.8 Å². The third kappa shape index (κ3) is 6.13. The Kier molecular flexibility index (Phi) is 7.58. The first-order chi connectivity index (χ1) is 15.2. The molecule has 3 rings (SSSR count). The number of nitriles is 1. The van der Waals surface area contributed by atoms with Crippen molar-refractivity contribution in [1.82, 2.24) is 0 Å². The molecule has 6 heteroatoms. The van der Waals surface area contributed by atoms with Crippen LogP contribution in [-0.2, 0) is 11.4 Å². The molecule has 4 nitrogen and oxygen atoms in total. The molecule has 0 aliphatic rings. The van der Waals surface area contributed by atoms with Crippen LogP contribution in [0.2, 0.25) is 10.0 Å². The highest BCUT2D eigenvalue weighted by Gasteiger charge is 2.13. The summed E-state index contributed by atoms with van der Waals surface area (Å²) in [5, 5.41) is 13.3. The van der Waals surface area contributed by atoms with Crippen LogP contribution in [0.4, 0.5) is 5.69 Å². The van der Waals surface area contributed by atoms with E-state index in [4.69, 9.17) is 27.9 Å². The third-order valence-electron chi connectivity index (χ3n) is 4.74. The van der Waals surface area contributed by atoms with Crippen LogP contribution in [-0.4, -0.2) is 5.91 Å². The van der Waals surface area contributed by atoms with Crippen molar-refractivity contribution in [3.05, 3.63) is 98.0 Å². The predicted molar refractivity (Wildman–Crippen MR) is 130 cm³/mol. The van der Waals surface area contributed by atoms with Crippen LogP contribution >= 0.6 is 23.2 Å². The summed E-state index contributed by atoms with van der Waals surface area (Å²) in [6.07, 6.45) is 1.47. The van der Waals surface area contributed by atoms with Gasteiger partial charge in [0.15, 0.2) is 0 Å². The van der Waals surface area contributed by atoms with Gasteiger partial charge < -0.3 is 10.1 Å². The summed E-state index contributed by atoms with van der Waals surface area (Å²) in [7, 11) is 0. The number of aryl methyl sites for hydroxylation is 3. The number of anilines is 1. The first-order valence-electron chi connectivity index (χ1n) is 9.94. The summed E-state index contributed by atoms with van der Waals surface area (Å²) in [5.74, 6) is -0.0276. The first kappa shape index (κ1) is 23.4. The van der Waals surface area contributed by atoms with Crippen molar-refractivity contribution in [2.24, 2.45) is 0 Å². The molecule has 162 valence electrons. The largest absolute Gasteiger partial charge is 0.488 e. The highest BCUT2D eigenvalue weighted by atomic mass is 35.5. The molecule has 0 fully saturated rings. The zero-order valence-electron chi connectivity index (χ0n) is 18.0. The zero-order chi connectivity index (χ0) is 23.3. The number of hydrogen-bond donors (Lipinski definition) is 1. The second-order valence-electron chi connectivity index (χ2n) is 7.55. The number of nitrogens with zero attached hydrogens (tertiary/aromatic N) is 1. The molecule has 0 radical (unpaired) electrons. The minimum atomic E-state index is -0.548. The van der Waals surface area contributed by atoms with Gasteiger partial charge in [-0.15, -0.1) is 0 Å². The quantitative estimate of drug-likeness (QED) is 0.314. The molecule has 0 atom stereocenters. The normalized spacial score (nSPS) is 11.1. The Hall–Kier alpha value is -3.26. The van der Waals surface area contributed by atoms with Crippen molar-refractivity contribution in [3.8, 4) is 11.8 Å². The standard InChI is InChI=1S/C26H22Cl2N2O2/c1-16-8-17(2)10-19(9-16)15-32-25-7-5-22(27)12-20(25)11-21(14-29)26(31)30-23-6-4-18(3)24(28)13-23/h4-13H,15H2,1-3H3,(H,30,31)/b21-11+. The van der Waals surface area contributed by atoms with Crippen molar-refractivity contribution < 1.29 is 9.53 Å². The van der Waals surface area contributed by atoms with E-state index in [0.29, 0.717) is 33.7 Å². The summed E-state index contributed by atoms with van der Waals surface area (Å²) >= 11 is 12.3. The molecular formula is C26H22Cl2N2O2. The van der Waals surface area contributed by atoms with Crippen molar-refractivity contribution in [2.75, 3.05) is 5.32 Å². The maximum Gasteiger partial charge on any atom is 0.266 e. The molecule has 3 aromatic rings. The highest BCUT2D eigenvalue weighted by molar-refractivity contribution is 6.31. The Morgan fingerprint density at radius 1 is 1.03 bits per heavy atom. The third-order valence-corrected chi connectivity index (χ3v) is 5.38. The van der Waals surface area contributed by atoms with Crippen molar-refractivity contribution >= 4 is 40.9 Å². The van der Waals surface area contributed by atoms with Gasteiger partial charge in [0, 0.05) is 21.3 Å². The van der Waals surface area contributed by atoms with Crippen LogP contribution in [0.15, 0.2) is 60.2 Å². The van der Waals surface area contributed by atoms with Crippen LogP contribution in [0.3, 0.4) is 0 Å².